The van der Waals surface area contributed by atoms with Gasteiger partial charge >= 0.3 is 0 Å². The lowest BCUT2D eigenvalue weighted by Gasteiger charge is -2.22. The number of furan rings is 1. The molecule has 1 aliphatic rings. The lowest BCUT2D eigenvalue weighted by Crippen LogP contribution is -2.31. The molecule has 26 heavy (non-hydrogen) atoms. The van der Waals surface area contributed by atoms with E-state index in [-0.39, 0.29) is 17.3 Å². The maximum Gasteiger partial charge on any atom is 0.243 e. The highest BCUT2D eigenvalue weighted by Gasteiger charge is 2.26. The highest BCUT2D eigenvalue weighted by Crippen LogP contribution is 2.27. The molecule has 0 radical (unpaired) electrons. The number of sulfonamides is 1. The zero-order chi connectivity index (χ0) is 18.6. The quantitative estimate of drug-likeness (QED) is 0.801. The normalized spacial score (nSPS) is 14.8. The van der Waals surface area contributed by atoms with Gasteiger partial charge < -0.3 is 9.73 Å². The molecule has 140 valence electrons. The second-order valence-electron chi connectivity index (χ2n) is 6.49. The summed E-state index contributed by atoms with van der Waals surface area (Å²) in [7, 11) is -3.65. The monoisotopic (exact) mass is 376 g/mol. The Labute approximate surface area is 154 Å². The van der Waals surface area contributed by atoms with Crippen LogP contribution in [0.1, 0.15) is 43.9 Å². The first-order valence-electron chi connectivity index (χ1n) is 8.96. The lowest BCUT2D eigenvalue weighted by atomic mass is 10.1. The van der Waals surface area contributed by atoms with Crippen molar-refractivity contribution in [3.05, 3.63) is 47.9 Å². The zero-order valence-electron chi connectivity index (χ0n) is 14.9. The second-order valence-corrected chi connectivity index (χ2v) is 8.43. The second kappa shape index (κ2) is 8.05. The molecule has 2 aromatic rings. The van der Waals surface area contributed by atoms with Crippen LogP contribution in [0.15, 0.2) is 45.9 Å². The summed E-state index contributed by atoms with van der Waals surface area (Å²) in [5.41, 5.74) is 1.57. The summed E-state index contributed by atoms with van der Waals surface area (Å²) in [5.74, 6) is 0.591. The molecular weight excluding hydrogens is 352 g/mol. The molecule has 1 aromatic heterocycles. The fourth-order valence-electron chi connectivity index (χ4n) is 3.06. The van der Waals surface area contributed by atoms with Crippen molar-refractivity contribution in [3.8, 4) is 0 Å². The third-order valence-corrected chi connectivity index (χ3v) is 6.35. The van der Waals surface area contributed by atoms with Crippen LogP contribution in [-0.2, 0) is 27.8 Å². The molecule has 0 bridgehead atoms. The van der Waals surface area contributed by atoms with Gasteiger partial charge in [0.15, 0.2) is 0 Å². The first-order chi connectivity index (χ1) is 12.5. The number of hydrogen-bond donors (Lipinski definition) is 1. The van der Waals surface area contributed by atoms with Crippen LogP contribution in [0.5, 0.6) is 0 Å². The van der Waals surface area contributed by atoms with Gasteiger partial charge in [-0.05, 0) is 55.2 Å². The molecule has 0 saturated heterocycles. The highest BCUT2D eigenvalue weighted by molar-refractivity contribution is 7.89. The number of unbranched alkanes of at least 4 members (excludes halogenated alkanes) is 1. The minimum absolute atomic E-state index is 0.0262. The Morgan fingerprint density at radius 2 is 2.08 bits per heavy atom. The number of rotatable bonds is 7. The minimum Gasteiger partial charge on any atom is -0.468 e. The van der Waals surface area contributed by atoms with Crippen LogP contribution in [0.25, 0.3) is 0 Å². The molecule has 1 amide bonds. The highest BCUT2D eigenvalue weighted by atomic mass is 32.2. The first kappa shape index (κ1) is 18.7. The van der Waals surface area contributed by atoms with E-state index in [0.717, 1.165) is 18.4 Å². The molecule has 0 spiro atoms. The van der Waals surface area contributed by atoms with Crippen molar-refractivity contribution in [1.29, 1.82) is 0 Å². The maximum atomic E-state index is 13.2. The summed E-state index contributed by atoms with van der Waals surface area (Å²) < 4.78 is 33.2. The van der Waals surface area contributed by atoms with Crippen molar-refractivity contribution < 1.29 is 17.6 Å². The van der Waals surface area contributed by atoms with Crippen molar-refractivity contribution in [1.82, 2.24) is 4.31 Å². The molecule has 6 nitrogen and oxygen atoms in total. The van der Waals surface area contributed by atoms with Crippen molar-refractivity contribution in [3.63, 3.8) is 0 Å². The van der Waals surface area contributed by atoms with Gasteiger partial charge in [0.2, 0.25) is 15.9 Å². The molecule has 7 heteroatoms. The van der Waals surface area contributed by atoms with Crippen LogP contribution in [0.2, 0.25) is 0 Å². The molecule has 1 aromatic carbocycles. The number of amides is 1. The minimum atomic E-state index is -3.65. The van der Waals surface area contributed by atoms with E-state index < -0.39 is 10.0 Å². The molecule has 0 unspecified atom stereocenters. The third kappa shape index (κ3) is 4.16. The number of carbonyl (C=O) groups excluding carboxylic acids is 1. The van der Waals surface area contributed by atoms with Crippen molar-refractivity contribution in [2.75, 3.05) is 11.9 Å². The number of carbonyl (C=O) groups is 1. The van der Waals surface area contributed by atoms with Crippen molar-refractivity contribution in [2.24, 2.45) is 0 Å². The molecule has 0 saturated carbocycles. The number of hydrogen-bond acceptors (Lipinski definition) is 4. The summed E-state index contributed by atoms with van der Waals surface area (Å²) in [6, 6.07) is 8.49. The van der Waals surface area contributed by atoms with Gasteiger partial charge in [0, 0.05) is 18.7 Å². The van der Waals surface area contributed by atoms with Gasteiger partial charge in [0.1, 0.15) is 5.76 Å². The van der Waals surface area contributed by atoms with Gasteiger partial charge in [-0.1, -0.05) is 13.3 Å². The maximum absolute atomic E-state index is 13.2. The summed E-state index contributed by atoms with van der Waals surface area (Å²) in [4.78, 5) is 11.9. The van der Waals surface area contributed by atoms with Crippen LogP contribution >= 0.6 is 0 Å². The molecular formula is C19H24N2O4S. The fraction of sp³-hybridized carbons (Fsp3) is 0.421. The van der Waals surface area contributed by atoms with Crippen molar-refractivity contribution in [2.45, 2.75) is 50.5 Å². The van der Waals surface area contributed by atoms with Gasteiger partial charge in [0.25, 0.3) is 0 Å². The third-order valence-electron chi connectivity index (χ3n) is 4.51. The topological polar surface area (TPSA) is 79.6 Å². The number of benzene rings is 1. The molecule has 2 heterocycles. The Balaban J connectivity index is 1.91. The van der Waals surface area contributed by atoms with Crippen LogP contribution in [0, 0.1) is 0 Å². The van der Waals surface area contributed by atoms with Crippen LogP contribution < -0.4 is 5.32 Å². The smallest absolute Gasteiger partial charge is 0.243 e. The molecule has 1 N–H and O–H groups in total. The van der Waals surface area contributed by atoms with E-state index in [2.05, 4.69) is 5.32 Å². The molecule has 3 rings (SSSR count). The predicted octanol–water partition coefficient (Wildman–Crippen LogP) is 3.55. The van der Waals surface area contributed by atoms with Gasteiger partial charge in [0.05, 0.1) is 17.7 Å². The van der Waals surface area contributed by atoms with Crippen molar-refractivity contribution >= 4 is 21.6 Å². The van der Waals surface area contributed by atoms with Gasteiger partial charge in [-0.25, -0.2) is 8.42 Å². The van der Waals surface area contributed by atoms with Crippen LogP contribution in [-0.4, -0.2) is 25.2 Å². The van der Waals surface area contributed by atoms with Crippen LogP contribution in [0.3, 0.4) is 0 Å². The van der Waals surface area contributed by atoms with Gasteiger partial charge in [-0.3, -0.25) is 4.79 Å². The van der Waals surface area contributed by atoms with E-state index in [9.17, 15) is 13.2 Å². The van der Waals surface area contributed by atoms with Gasteiger partial charge in [-0.15, -0.1) is 0 Å². The Kier molecular flexibility index (Phi) is 5.78. The van der Waals surface area contributed by atoms with E-state index in [1.807, 2.05) is 6.92 Å². The van der Waals surface area contributed by atoms with E-state index in [0.29, 0.717) is 37.3 Å². The Hall–Kier alpha value is -2.12. The van der Waals surface area contributed by atoms with E-state index in [4.69, 9.17) is 4.42 Å². The summed E-state index contributed by atoms with van der Waals surface area (Å²) in [6.45, 7) is 2.68. The Morgan fingerprint density at radius 1 is 1.23 bits per heavy atom. The number of anilines is 1. The van der Waals surface area contributed by atoms with E-state index >= 15 is 0 Å². The Morgan fingerprint density at radius 3 is 2.81 bits per heavy atom. The average molecular weight is 376 g/mol. The summed E-state index contributed by atoms with van der Waals surface area (Å²) in [5, 5.41) is 2.84. The summed E-state index contributed by atoms with van der Waals surface area (Å²) in [6.07, 6.45) is 5.09. The van der Waals surface area contributed by atoms with E-state index in [1.165, 1.54) is 4.31 Å². The molecule has 1 aliphatic heterocycles. The number of nitrogens with zero attached hydrogens (tertiary/aromatic N) is 1. The number of fused-ring (bicyclic) bond motifs is 1. The Bertz CT molecular complexity index is 860. The van der Waals surface area contributed by atoms with Crippen LogP contribution in [0.4, 0.5) is 5.69 Å². The standard InChI is InChI=1S/C19H24N2O4S/c1-2-3-11-21(14-16-7-5-12-25-16)26(23,24)17-9-10-18-15(13-17)6-4-8-19(22)20-18/h5,7,9-10,12-13H,2-4,6,8,11,14H2,1H3,(H,20,22). The lowest BCUT2D eigenvalue weighted by molar-refractivity contribution is -0.116. The number of nitrogens with one attached hydrogen (secondary N) is 1. The van der Waals surface area contributed by atoms with Gasteiger partial charge in [-0.2, -0.15) is 4.31 Å². The zero-order valence-corrected chi connectivity index (χ0v) is 15.7. The summed E-state index contributed by atoms with van der Waals surface area (Å²) >= 11 is 0. The molecule has 0 fully saturated rings. The molecule has 0 atom stereocenters. The average Bonchev–Trinajstić information content (AvgIpc) is 3.05. The first-order valence-corrected chi connectivity index (χ1v) is 10.4. The predicted molar refractivity (Wildman–Crippen MR) is 99.2 cm³/mol. The number of aryl methyl sites for hydroxylation is 1. The fourth-order valence-corrected chi connectivity index (χ4v) is 4.55. The van der Waals surface area contributed by atoms with E-state index in [1.54, 1.807) is 36.6 Å². The largest absolute Gasteiger partial charge is 0.468 e. The SMILES string of the molecule is CCCCN(Cc1ccco1)S(=O)(=O)c1ccc2c(c1)CCCC(=O)N2. The molecule has 0 aliphatic carbocycles.